The number of nitrogens with zero attached hydrogens (tertiary/aromatic N) is 1. The summed E-state index contributed by atoms with van der Waals surface area (Å²) in [5.41, 5.74) is 3.93. The van der Waals surface area contributed by atoms with Gasteiger partial charge in [-0.15, -0.1) is 0 Å². The molecule has 164 valence electrons. The van der Waals surface area contributed by atoms with Crippen LogP contribution in [0.4, 0.5) is 5.69 Å². The topological polar surface area (TPSA) is 41.5 Å². The predicted molar refractivity (Wildman–Crippen MR) is 134 cm³/mol. The van der Waals surface area contributed by atoms with Crippen molar-refractivity contribution < 1.29 is 4.79 Å². The maximum absolute atomic E-state index is 12.7. The molecule has 2 aromatic carbocycles. The summed E-state index contributed by atoms with van der Waals surface area (Å²) in [6.45, 7) is 2.92. The van der Waals surface area contributed by atoms with Crippen molar-refractivity contribution in [2.45, 2.75) is 73.3 Å². The van der Waals surface area contributed by atoms with Crippen molar-refractivity contribution in [1.82, 2.24) is 5.32 Å². The Balaban J connectivity index is 1.37. The van der Waals surface area contributed by atoms with Gasteiger partial charge in [0.05, 0.1) is 5.69 Å². The van der Waals surface area contributed by atoms with E-state index in [0.29, 0.717) is 5.56 Å². The highest BCUT2D eigenvalue weighted by molar-refractivity contribution is 8.00. The molecule has 1 aliphatic carbocycles. The van der Waals surface area contributed by atoms with E-state index in [0.717, 1.165) is 53.1 Å². The first-order chi connectivity index (χ1) is 15.2. The summed E-state index contributed by atoms with van der Waals surface area (Å²) in [5.74, 6) is 1.14. The number of fused-ring (bicyclic) bond motifs is 2. The third-order valence-corrected chi connectivity index (χ3v) is 8.50. The molecule has 0 radical (unpaired) electrons. The van der Waals surface area contributed by atoms with E-state index >= 15 is 0 Å². The molecule has 0 bridgehead atoms. The third-order valence-electron chi connectivity index (χ3n) is 5.89. The summed E-state index contributed by atoms with van der Waals surface area (Å²) in [6, 6.07) is 14.4. The first kappa shape index (κ1) is 22.5. The van der Waals surface area contributed by atoms with E-state index in [1.54, 1.807) is 11.8 Å². The van der Waals surface area contributed by atoms with Gasteiger partial charge in [0.1, 0.15) is 0 Å². The number of hydrogen-bond acceptors (Lipinski definition) is 4. The lowest BCUT2D eigenvalue weighted by Crippen LogP contribution is -2.25. The van der Waals surface area contributed by atoms with E-state index in [-0.39, 0.29) is 5.91 Å². The zero-order chi connectivity index (χ0) is 21.5. The van der Waals surface area contributed by atoms with Gasteiger partial charge in [0, 0.05) is 38.4 Å². The van der Waals surface area contributed by atoms with Crippen LogP contribution in [-0.4, -0.2) is 29.2 Å². The van der Waals surface area contributed by atoms with Gasteiger partial charge in [-0.05, 0) is 55.7 Å². The molecule has 5 heteroatoms. The third kappa shape index (κ3) is 5.95. The first-order valence-electron chi connectivity index (χ1n) is 11.6. The van der Waals surface area contributed by atoms with Gasteiger partial charge in [-0.1, -0.05) is 62.6 Å². The normalized spacial score (nSPS) is 16.1. The summed E-state index contributed by atoms with van der Waals surface area (Å²) in [5, 5.41) is 3.94. The van der Waals surface area contributed by atoms with Crippen LogP contribution in [0.2, 0.25) is 0 Å². The Hall–Kier alpha value is -1.72. The maximum Gasteiger partial charge on any atom is 0.251 e. The van der Waals surface area contributed by atoms with Crippen LogP contribution in [0.15, 0.2) is 57.2 Å². The summed E-state index contributed by atoms with van der Waals surface area (Å²) in [4.78, 5) is 20.1. The van der Waals surface area contributed by atoms with Crippen molar-refractivity contribution in [3.05, 3.63) is 53.6 Å². The summed E-state index contributed by atoms with van der Waals surface area (Å²) in [7, 11) is 0. The lowest BCUT2D eigenvalue weighted by atomic mass is 10.0. The minimum atomic E-state index is 0.00414. The van der Waals surface area contributed by atoms with Gasteiger partial charge in [0.2, 0.25) is 0 Å². The predicted octanol–water partition coefficient (Wildman–Crippen LogP) is 7.26. The van der Waals surface area contributed by atoms with Gasteiger partial charge >= 0.3 is 0 Å². The number of carbonyl (C=O) groups excluding carboxylic acids is 1. The molecule has 3 nitrogen and oxygen atoms in total. The van der Waals surface area contributed by atoms with Gasteiger partial charge in [-0.3, -0.25) is 9.79 Å². The number of carbonyl (C=O) groups is 1. The molecule has 1 amide bonds. The van der Waals surface area contributed by atoms with Crippen LogP contribution in [0.3, 0.4) is 0 Å². The van der Waals surface area contributed by atoms with E-state index in [2.05, 4.69) is 48.3 Å². The number of thioether (sulfide) groups is 1. The van der Waals surface area contributed by atoms with Crippen molar-refractivity contribution in [2.75, 3.05) is 12.3 Å². The number of rotatable bonds is 8. The highest BCUT2D eigenvalue weighted by Gasteiger charge is 2.18. The van der Waals surface area contributed by atoms with Crippen LogP contribution in [0.1, 0.15) is 74.2 Å². The maximum atomic E-state index is 12.7. The Bertz CT molecular complexity index is 935. The van der Waals surface area contributed by atoms with Gasteiger partial charge < -0.3 is 5.32 Å². The molecule has 1 heterocycles. The van der Waals surface area contributed by atoms with Crippen LogP contribution >= 0.6 is 23.5 Å². The van der Waals surface area contributed by atoms with E-state index in [1.165, 1.54) is 42.6 Å². The fourth-order valence-corrected chi connectivity index (χ4v) is 6.57. The van der Waals surface area contributed by atoms with Gasteiger partial charge in [-0.2, -0.15) is 11.8 Å². The SMILES string of the molecule is CCCC1=Nc2cc(C(=O)NCCCSC3CCCCC3)ccc2Sc2ccccc21. The molecule has 4 rings (SSSR count). The van der Waals surface area contributed by atoms with Crippen LogP contribution < -0.4 is 5.32 Å². The molecule has 2 aliphatic rings. The van der Waals surface area contributed by atoms with Crippen LogP contribution in [0.5, 0.6) is 0 Å². The summed E-state index contributed by atoms with van der Waals surface area (Å²) in [6.07, 6.45) is 9.93. The first-order valence-corrected chi connectivity index (χ1v) is 13.5. The fourth-order valence-electron chi connectivity index (χ4n) is 4.24. The van der Waals surface area contributed by atoms with E-state index in [9.17, 15) is 4.79 Å². The second-order valence-electron chi connectivity index (χ2n) is 8.33. The average molecular weight is 453 g/mol. The monoisotopic (exact) mass is 452 g/mol. The molecule has 1 aliphatic heterocycles. The highest BCUT2D eigenvalue weighted by Crippen LogP contribution is 2.41. The second kappa shape index (κ2) is 11.2. The van der Waals surface area contributed by atoms with Crippen molar-refractivity contribution in [3.63, 3.8) is 0 Å². The molecule has 0 aromatic heterocycles. The van der Waals surface area contributed by atoms with Gasteiger partial charge in [0.15, 0.2) is 0 Å². The second-order valence-corrected chi connectivity index (χ2v) is 10.8. The van der Waals surface area contributed by atoms with Crippen molar-refractivity contribution in [3.8, 4) is 0 Å². The largest absolute Gasteiger partial charge is 0.352 e. The van der Waals surface area contributed by atoms with Crippen LogP contribution in [0.25, 0.3) is 0 Å². The number of hydrogen-bond donors (Lipinski definition) is 1. The molecule has 2 aromatic rings. The fraction of sp³-hybridized carbons (Fsp3) is 0.462. The Kier molecular flexibility index (Phi) is 8.15. The minimum absolute atomic E-state index is 0.00414. The zero-order valence-electron chi connectivity index (χ0n) is 18.4. The van der Waals surface area contributed by atoms with Crippen molar-refractivity contribution in [1.29, 1.82) is 0 Å². The Morgan fingerprint density at radius 3 is 2.81 bits per heavy atom. The Labute approximate surface area is 194 Å². The molecule has 0 spiro atoms. The van der Waals surface area contributed by atoms with E-state index < -0.39 is 0 Å². The summed E-state index contributed by atoms with van der Waals surface area (Å²) >= 11 is 3.84. The standard InChI is InChI=1S/C26H32N2OS2/c1-2-9-22-21-12-6-7-13-24(21)31-25-15-14-19(18-23(25)28-22)26(29)27-16-8-17-30-20-10-4-3-5-11-20/h6-7,12-15,18,20H,2-5,8-11,16-17H2,1H3,(H,27,29). The van der Waals surface area contributed by atoms with E-state index in [4.69, 9.17) is 4.99 Å². The number of amides is 1. The smallest absolute Gasteiger partial charge is 0.251 e. The molecule has 1 fully saturated rings. The molecule has 1 N–H and O–H groups in total. The van der Waals surface area contributed by atoms with Gasteiger partial charge in [0.25, 0.3) is 5.91 Å². The Morgan fingerprint density at radius 2 is 1.97 bits per heavy atom. The van der Waals surface area contributed by atoms with Crippen molar-refractivity contribution >= 4 is 40.8 Å². The molecule has 0 atom stereocenters. The lowest BCUT2D eigenvalue weighted by Gasteiger charge is -2.20. The van der Waals surface area contributed by atoms with Crippen LogP contribution in [-0.2, 0) is 0 Å². The number of nitrogens with one attached hydrogen (secondary N) is 1. The van der Waals surface area contributed by atoms with Crippen LogP contribution in [0, 0.1) is 0 Å². The average Bonchev–Trinajstić information content (AvgIpc) is 2.95. The lowest BCUT2D eigenvalue weighted by molar-refractivity contribution is 0.0953. The Morgan fingerprint density at radius 1 is 1.13 bits per heavy atom. The summed E-state index contributed by atoms with van der Waals surface area (Å²) < 4.78 is 0. The quantitative estimate of drug-likeness (QED) is 0.429. The number of aliphatic imine (C=N–C) groups is 1. The molecule has 0 unspecified atom stereocenters. The van der Waals surface area contributed by atoms with Gasteiger partial charge in [-0.25, -0.2) is 0 Å². The number of benzene rings is 2. The van der Waals surface area contributed by atoms with E-state index in [1.807, 2.05) is 18.2 Å². The van der Waals surface area contributed by atoms with Crippen molar-refractivity contribution in [2.24, 2.45) is 4.99 Å². The molecule has 1 saturated carbocycles. The highest BCUT2D eigenvalue weighted by atomic mass is 32.2. The molecular weight excluding hydrogens is 420 g/mol. The molecular formula is C26H32N2OS2. The molecule has 31 heavy (non-hydrogen) atoms. The molecule has 0 saturated heterocycles. The zero-order valence-corrected chi connectivity index (χ0v) is 20.0. The minimum Gasteiger partial charge on any atom is -0.352 e.